The highest BCUT2D eigenvalue weighted by Gasteiger charge is 2.04. The van der Waals surface area contributed by atoms with E-state index in [-0.39, 0.29) is 0 Å². The maximum absolute atomic E-state index is 8.78. The van der Waals surface area contributed by atoms with E-state index in [9.17, 15) is 0 Å². The van der Waals surface area contributed by atoms with E-state index in [1.165, 1.54) is 0 Å². The summed E-state index contributed by atoms with van der Waals surface area (Å²) in [6.07, 6.45) is 0. The predicted octanol–water partition coefficient (Wildman–Crippen LogP) is 3.99. The molecule has 4 nitrogen and oxygen atoms in total. The summed E-state index contributed by atoms with van der Waals surface area (Å²) in [5.74, 6) is 0.685. The first-order valence-electron chi connectivity index (χ1n) is 6.24. The second-order valence-corrected chi connectivity index (χ2v) is 4.82. The number of ether oxygens (including phenoxy) is 1. The SMILES string of the molecule is C/C(=N/O)c1ccc(OCc2ccc(C#N)cc2Cl)cc1. The fourth-order valence-electron chi connectivity index (χ4n) is 1.75. The molecule has 0 unspecified atom stereocenters. The van der Waals surface area contributed by atoms with Crippen LogP contribution in [0.1, 0.15) is 23.6 Å². The number of benzene rings is 2. The molecular formula is C16H13ClN2O2. The second kappa shape index (κ2) is 6.78. The number of hydrogen-bond acceptors (Lipinski definition) is 4. The van der Waals surface area contributed by atoms with E-state index >= 15 is 0 Å². The van der Waals surface area contributed by atoms with Crippen LogP contribution in [-0.2, 0) is 6.61 Å². The van der Waals surface area contributed by atoms with E-state index in [1.807, 2.05) is 18.2 Å². The third kappa shape index (κ3) is 3.74. The van der Waals surface area contributed by atoms with Gasteiger partial charge in [-0.1, -0.05) is 22.8 Å². The Morgan fingerprint density at radius 2 is 2.00 bits per heavy atom. The minimum atomic E-state index is 0.316. The molecule has 0 saturated carbocycles. The van der Waals surface area contributed by atoms with Gasteiger partial charge in [-0.05, 0) is 48.9 Å². The average molecular weight is 301 g/mol. The van der Waals surface area contributed by atoms with Crippen LogP contribution in [0.2, 0.25) is 5.02 Å². The number of rotatable bonds is 4. The quantitative estimate of drug-likeness (QED) is 0.527. The van der Waals surface area contributed by atoms with Crippen LogP contribution in [0, 0.1) is 11.3 Å². The highest BCUT2D eigenvalue weighted by atomic mass is 35.5. The first-order valence-corrected chi connectivity index (χ1v) is 6.62. The standard InChI is InChI=1S/C16H13ClN2O2/c1-11(19-20)13-4-6-15(7-5-13)21-10-14-3-2-12(9-18)8-16(14)17/h2-8,20H,10H2,1H3/b19-11-. The molecule has 0 bridgehead atoms. The van der Waals surface area contributed by atoms with Gasteiger partial charge in [0, 0.05) is 10.6 Å². The highest BCUT2D eigenvalue weighted by molar-refractivity contribution is 6.31. The molecule has 21 heavy (non-hydrogen) atoms. The maximum Gasteiger partial charge on any atom is 0.119 e. The van der Waals surface area contributed by atoms with Crippen molar-refractivity contribution in [3.05, 3.63) is 64.2 Å². The molecule has 0 spiro atoms. The molecule has 0 atom stereocenters. The lowest BCUT2D eigenvalue weighted by molar-refractivity contribution is 0.306. The zero-order valence-corrected chi connectivity index (χ0v) is 12.1. The van der Waals surface area contributed by atoms with Gasteiger partial charge in [-0.2, -0.15) is 5.26 Å². The molecule has 0 aliphatic rings. The smallest absolute Gasteiger partial charge is 0.119 e. The predicted molar refractivity (Wildman–Crippen MR) is 80.9 cm³/mol. The fraction of sp³-hybridized carbons (Fsp3) is 0.125. The molecule has 1 N–H and O–H groups in total. The lowest BCUT2D eigenvalue weighted by atomic mass is 10.1. The summed E-state index contributed by atoms with van der Waals surface area (Å²) >= 11 is 6.09. The van der Waals surface area contributed by atoms with Crippen LogP contribution < -0.4 is 4.74 Å². The van der Waals surface area contributed by atoms with Crippen LogP contribution in [0.3, 0.4) is 0 Å². The fourth-order valence-corrected chi connectivity index (χ4v) is 1.98. The first-order chi connectivity index (χ1) is 10.1. The first kappa shape index (κ1) is 14.9. The Kier molecular flexibility index (Phi) is 4.81. The van der Waals surface area contributed by atoms with Gasteiger partial charge in [-0.25, -0.2) is 0 Å². The van der Waals surface area contributed by atoms with E-state index in [0.29, 0.717) is 28.7 Å². The van der Waals surface area contributed by atoms with Gasteiger partial charge in [0.25, 0.3) is 0 Å². The molecule has 0 amide bonds. The van der Waals surface area contributed by atoms with Crippen LogP contribution in [0.15, 0.2) is 47.6 Å². The maximum atomic E-state index is 8.78. The lowest BCUT2D eigenvalue weighted by Gasteiger charge is -2.08. The Morgan fingerprint density at radius 3 is 2.57 bits per heavy atom. The van der Waals surface area contributed by atoms with Crippen molar-refractivity contribution in [3.8, 4) is 11.8 Å². The lowest BCUT2D eigenvalue weighted by Crippen LogP contribution is -1.98. The van der Waals surface area contributed by atoms with Gasteiger partial charge in [-0.3, -0.25) is 0 Å². The van der Waals surface area contributed by atoms with Crippen molar-refractivity contribution < 1.29 is 9.94 Å². The molecular weight excluding hydrogens is 288 g/mol. The van der Waals surface area contributed by atoms with Crippen LogP contribution in [0.4, 0.5) is 0 Å². The van der Waals surface area contributed by atoms with Crippen molar-refractivity contribution in [2.24, 2.45) is 5.16 Å². The number of nitrogens with zero attached hydrogens (tertiary/aromatic N) is 2. The molecule has 5 heteroatoms. The van der Waals surface area contributed by atoms with E-state index < -0.39 is 0 Å². The van der Waals surface area contributed by atoms with Gasteiger partial charge in [0.1, 0.15) is 12.4 Å². The normalized spacial score (nSPS) is 11.0. The minimum Gasteiger partial charge on any atom is -0.489 e. The third-order valence-corrected chi connectivity index (χ3v) is 3.35. The molecule has 0 fully saturated rings. The van der Waals surface area contributed by atoms with Crippen molar-refractivity contribution in [1.29, 1.82) is 5.26 Å². The summed E-state index contributed by atoms with van der Waals surface area (Å²) < 4.78 is 5.65. The highest BCUT2D eigenvalue weighted by Crippen LogP contribution is 2.20. The Bertz CT molecular complexity index is 703. The summed E-state index contributed by atoms with van der Waals surface area (Å²) in [5, 5.41) is 21.1. The van der Waals surface area contributed by atoms with Crippen molar-refractivity contribution in [2.45, 2.75) is 13.5 Å². The third-order valence-electron chi connectivity index (χ3n) is 3.00. The van der Waals surface area contributed by atoms with E-state index in [2.05, 4.69) is 5.16 Å². The van der Waals surface area contributed by atoms with Crippen LogP contribution in [0.5, 0.6) is 5.75 Å². The molecule has 0 aliphatic heterocycles. The number of halogens is 1. The zero-order chi connectivity index (χ0) is 15.2. The van der Waals surface area contributed by atoms with Crippen molar-refractivity contribution >= 4 is 17.3 Å². The summed E-state index contributed by atoms with van der Waals surface area (Å²) in [6.45, 7) is 2.03. The van der Waals surface area contributed by atoms with Crippen molar-refractivity contribution in [3.63, 3.8) is 0 Å². The van der Waals surface area contributed by atoms with E-state index in [0.717, 1.165) is 11.1 Å². The molecule has 2 rings (SSSR count). The minimum absolute atomic E-state index is 0.316. The van der Waals surface area contributed by atoms with Crippen molar-refractivity contribution in [1.82, 2.24) is 0 Å². The molecule has 0 aliphatic carbocycles. The van der Waals surface area contributed by atoms with Gasteiger partial charge in [0.15, 0.2) is 0 Å². The Labute approximate surface area is 127 Å². The number of oxime groups is 1. The molecule has 0 aromatic heterocycles. The van der Waals surface area contributed by atoms with Gasteiger partial charge < -0.3 is 9.94 Å². The Hall–Kier alpha value is -2.51. The Morgan fingerprint density at radius 1 is 1.29 bits per heavy atom. The van der Waals surface area contributed by atoms with Gasteiger partial charge in [0.05, 0.1) is 17.3 Å². The topological polar surface area (TPSA) is 65.6 Å². The van der Waals surface area contributed by atoms with Crippen LogP contribution >= 0.6 is 11.6 Å². The average Bonchev–Trinajstić information content (AvgIpc) is 2.53. The zero-order valence-electron chi connectivity index (χ0n) is 11.4. The molecule has 106 valence electrons. The molecule has 2 aromatic rings. The molecule has 0 heterocycles. The molecule has 2 aromatic carbocycles. The Balaban J connectivity index is 2.05. The summed E-state index contributed by atoms with van der Waals surface area (Å²) in [5.41, 5.74) is 2.69. The van der Waals surface area contributed by atoms with Crippen LogP contribution in [-0.4, -0.2) is 10.9 Å². The summed E-state index contributed by atoms with van der Waals surface area (Å²) in [6, 6.07) is 14.3. The molecule has 0 radical (unpaired) electrons. The van der Waals surface area contributed by atoms with Crippen LogP contribution in [0.25, 0.3) is 0 Å². The summed E-state index contributed by atoms with van der Waals surface area (Å²) in [7, 11) is 0. The van der Waals surface area contributed by atoms with E-state index in [1.54, 1.807) is 37.3 Å². The number of nitriles is 1. The summed E-state index contributed by atoms with van der Waals surface area (Å²) in [4.78, 5) is 0. The van der Waals surface area contributed by atoms with Gasteiger partial charge in [-0.15, -0.1) is 0 Å². The van der Waals surface area contributed by atoms with Gasteiger partial charge in [0.2, 0.25) is 0 Å². The second-order valence-electron chi connectivity index (χ2n) is 4.42. The van der Waals surface area contributed by atoms with Crippen molar-refractivity contribution in [2.75, 3.05) is 0 Å². The monoisotopic (exact) mass is 300 g/mol. The largest absolute Gasteiger partial charge is 0.489 e. The van der Waals surface area contributed by atoms with Gasteiger partial charge >= 0.3 is 0 Å². The van der Waals surface area contributed by atoms with E-state index in [4.69, 9.17) is 26.8 Å². The molecule has 0 saturated heterocycles. The number of hydrogen-bond donors (Lipinski definition) is 1.